The number of carboxylic acid groups (broad SMARTS) is 1. The summed E-state index contributed by atoms with van der Waals surface area (Å²) in [5.41, 5.74) is -0.0206. The summed E-state index contributed by atoms with van der Waals surface area (Å²) in [4.78, 5) is 10.8. The number of benzene rings is 1. The first-order valence-electron chi connectivity index (χ1n) is 5.53. The fraction of sp³-hybridized carbons (Fsp3) is 0.417. The van der Waals surface area contributed by atoms with E-state index in [4.69, 9.17) is 5.11 Å². The first-order valence-corrected chi connectivity index (χ1v) is 6.74. The van der Waals surface area contributed by atoms with E-state index in [1.165, 1.54) is 12.1 Å². The van der Waals surface area contributed by atoms with Crippen LogP contribution in [0.1, 0.15) is 36.0 Å². The smallest absolute Gasteiger partial charge is 0.335 e. The van der Waals surface area contributed by atoms with Crippen molar-refractivity contribution in [2.24, 2.45) is 0 Å². The van der Waals surface area contributed by atoms with E-state index in [9.17, 15) is 13.4 Å². The molecule has 0 bridgehead atoms. The molecular weight excluding hydrogens is 243 g/mol. The number of carboxylic acids is 1. The molecule has 1 N–H and O–H groups in total. The van der Waals surface area contributed by atoms with Crippen molar-refractivity contribution in [3.8, 4) is 0 Å². The summed E-state index contributed by atoms with van der Waals surface area (Å²) in [6.07, 6.45) is 3.67. The van der Waals surface area contributed by atoms with Crippen LogP contribution in [0.4, 0.5) is 4.39 Å². The number of carbonyl (C=O) groups is 1. The van der Waals surface area contributed by atoms with Crippen LogP contribution in [0.2, 0.25) is 0 Å². The van der Waals surface area contributed by atoms with Crippen LogP contribution < -0.4 is 0 Å². The lowest BCUT2D eigenvalue weighted by Gasteiger charge is -2.10. The summed E-state index contributed by atoms with van der Waals surface area (Å²) in [5.74, 6) is -1.71. The van der Waals surface area contributed by atoms with Crippen LogP contribution in [-0.2, 0) is 10.8 Å². The first kappa shape index (κ1) is 12.2. The molecule has 1 aromatic carbocycles. The molecule has 0 radical (unpaired) electrons. The van der Waals surface area contributed by atoms with Crippen molar-refractivity contribution in [3.05, 3.63) is 29.6 Å². The Bertz CT molecular complexity index is 467. The number of hydrogen-bond acceptors (Lipinski definition) is 2. The fourth-order valence-electron chi connectivity index (χ4n) is 2.07. The van der Waals surface area contributed by atoms with Gasteiger partial charge in [-0.25, -0.2) is 9.18 Å². The molecule has 3 nitrogen and oxygen atoms in total. The molecule has 1 saturated carbocycles. The minimum absolute atomic E-state index is 0.0206. The van der Waals surface area contributed by atoms with E-state index in [0.717, 1.165) is 31.7 Å². The molecule has 1 atom stereocenters. The Balaban J connectivity index is 2.32. The lowest BCUT2D eigenvalue weighted by molar-refractivity contribution is 0.0696. The number of halogens is 1. The molecule has 1 aliphatic carbocycles. The Morgan fingerprint density at radius 2 is 2.00 bits per heavy atom. The predicted molar refractivity (Wildman–Crippen MR) is 62.0 cm³/mol. The summed E-state index contributed by atoms with van der Waals surface area (Å²) in [7, 11) is -1.44. The topological polar surface area (TPSA) is 54.4 Å². The molecule has 92 valence electrons. The van der Waals surface area contributed by atoms with E-state index in [2.05, 4.69) is 0 Å². The van der Waals surface area contributed by atoms with Crippen molar-refractivity contribution >= 4 is 16.8 Å². The molecule has 1 fully saturated rings. The van der Waals surface area contributed by atoms with Gasteiger partial charge in [-0.3, -0.25) is 4.21 Å². The van der Waals surface area contributed by atoms with E-state index in [1.807, 2.05) is 0 Å². The largest absolute Gasteiger partial charge is 0.478 e. The zero-order valence-corrected chi connectivity index (χ0v) is 10.0. The molecule has 1 unspecified atom stereocenters. The SMILES string of the molecule is O=C(O)c1ccc(F)c(S(=O)C2CCCC2)c1. The average molecular weight is 256 g/mol. The monoisotopic (exact) mass is 256 g/mol. The molecule has 0 saturated heterocycles. The second-order valence-corrected chi connectivity index (χ2v) is 5.86. The van der Waals surface area contributed by atoms with Gasteiger partial charge in [-0.2, -0.15) is 0 Å². The summed E-state index contributed by atoms with van der Waals surface area (Å²) in [6, 6.07) is 3.45. The molecule has 5 heteroatoms. The maximum atomic E-state index is 13.6. The van der Waals surface area contributed by atoms with E-state index in [0.29, 0.717) is 0 Å². The average Bonchev–Trinajstić information content (AvgIpc) is 2.81. The zero-order chi connectivity index (χ0) is 12.4. The van der Waals surface area contributed by atoms with Crippen LogP contribution in [-0.4, -0.2) is 20.5 Å². The quantitative estimate of drug-likeness (QED) is 0.904. The van der Waals surface area contributed by atoms with Gasteiger partial charge in [0, 0.05) is 5.25 Å². The molecule has 0 heterocycles. The number of aromatic carboxylic acids is 1. The number of hydrogen-bond donors (Lipinski definition) is 1. The molecule has 2 rings (SSSR count). The predicted octanol–water partition coefficient (Wildman–Crippen LogP) is 2.57. The minimum atomic E-state index is -1.44. The third-order valence-corrected chi connectivity index (χ3v) is 4.82. The third-order valence-electron chi connectivity index (χ3n) is 3.00. The highest BCUT2D eigenvalue weighted by Gasteiger charge is 2.25. The van der Waals surface area contributed by atoms with Crippen molar-refractivity contribution in [1.82, 2.24) is 0 Å². The van der Waals surface area contributed by atoms with E-state index in [1.54, 1.807) is 0 Å². The molecule has 0 aliphatic heterocycles. The third kappa shape index (κ3) is 2.54. The molecule has 1 aliphatic rings. The van der Waals surface area contributed by atoms with Crippen LogP contribution >= 0.6 is 0 Å². The van der Waals surface area contributed by atoms with Crippen LogP contribution in [0.15, 0.2) is 23.1 Å². The zero-order valence-electron chi connectivity index (χ0n) is 9.19. The standard InChI is InChI=1S/C12H13FO3S/c13-10-6-5-8(12(14)15)7-11(10)17(16)9-3-1-2-4-9/h5-7,9H,1-4H2,(H,14,15). The van der Waals surface area contributed by atoms with Crippen LogP contribution in [0, 0.1) is 5.82 Å². The molecule has 1 aromatic rings. The van der Waals surface area contributed by atoms with Gasteiger partial charge in [0.2, 0.25) is 0 Å². The van der Waals surface area contributed by atoms with Gasteiger partial charge in [0.1, 0.15) is 5.82 Å². The molecule has 0 spiro atoms. The van der Waals surface area contributed by atoms with Crippen molar-refractivity contribution in [1.29, 1.82) is 0 Å². The van der Waals surface area contributed by atoms with Gasteiger partial charge in [0.05, 0.1) is 21.3 Å². The summed E-state index contributed by atoms with van der Waals surface area (Å²) in [6.45, 7) is 0. The van der Waals surface area contributed by atoms with Gasteiger partial charge in [-0.15, -0.1) is 0 Å². The van der Waals surface area contributed by atoms with Gasteiger partial charge in [-0.1, -0.05) is 12.8 Å². The summed E-state index contributed by atoms with van der Waals surface area (Å²) < 4.78 is 25.7. The van der Waals surface area contributed by atoms with Gasteiger partial charge < -0.3 is 5.11 Å². The van der Waals surface area contributed by atoms with Gasteiger partial charge in [0.25, 0.3) is 0 Å². The second-order valence-electron chi connectivity index (χ2n) is 4.15. The molecule has 17 heavy (non-hydrogen) atoms. The Morgan fingerprint density at radius 3 is 2.59 bits per heavy atom. The van der Waals surface area contributed by atoms with Crippen LogP contribution in [0.25, 0.3) is 0 Å². The molecular formula is C12H13FO3S. The van der Waals surface area contributed by atoms with E-state index in [-0.39, 0.29) is 15.7 Å². The van der Waals surface area contributed by atoms with Gasteiger partial charge in [0.15, 0.2) is 0 Å². The minimum Gasteiger partial charge on any atom is -0.478 e. The van der Waals surface area contributed by atoms with Crippen molar-refractivity contribution < 1.29 is 18.5 Å². The van der Waals surface area contributed by atoms with E-state index < -0.39 is 22.6 Å². The Hall–Kier alpha value is -1.23. The maximum absolute atomic E-state index is 13.6. The molecule has 0 aromatic heterocycles. The number of rotatable bonds is 3. The second kappa shape index (κ2) is 4.96. The first-order chi connectivity index (χ1) is 8.09. The normalized spacial score (nSPS) is 18.2. The van der Waals surface area contributed by atoms with Crippen LogP contribution in [0.3, 0.4) is 0 Å². The molecule has 0 amide bonds. The summed E-state index contributed by atoms with van der Waals surface area (Å²) >= 11 is 0. The van der Waals surface area contributed by atoms with Crippen LogP contribution in [0.5, 0.6) is 0 Å². The highest BCUT2D eigenvalue weighted by atomic mass is 32.2. The van der Waals surface area contributed by atoms with Crippen molar-refractivity contribution in [3.63, 3.8) is 0 Å². The van der Waals surface area contributed by atoms with Crippen molar-refractivity contribution in [2.75, 3.05) is 0 Å². The highest BCUT2D eigenvalue weighted by Crippen LogP contribution is 2.28. The Morgan fingerprint density at radius 1 is 1.35 bits per heavy atom. The highest BCUT2D eigenvalue weighted by molar-refractivity contribution is 7.85. The van der Waals surface area contributed by atoms with E-state index >= 15 is 0 Å². The lowest BCUT2D eigenvalue weighted by Crippen LogP contribution is -2.12. The van der Waals surface area contributed by atoms with Gasteiger partial charge in [-0.05, 0) is 31.0 Å². The fourth-order valence-corrected chi connectivity index (χ4v) is 3.70. The van der Waals surface area contributed by atoms with Gasteiger partial charge >= 0.3 is 5.97 Å². The van der Waals surface area contributed by atoms with Crippen molar-refractivity contribution in [2.45, 2.75) is 35.8 Å². The lowest BCUT2D eigenvalue weighted by atomic mass is 10.2. The summed E-state index contributed by atoms with van der Waals surface area (Å²) in [5, 5.41) is 8.79. The maximum Gasteiger partial charge on any atom is 0.335 e. The Labute approximate surface area is 101 Å². The Kier molecular flexibility index (Phi) is 3.57.